The molecule has 0 aliphatic heterocycles. The topological polar surface area (TPSA) is 14.1 Å². The van der Waals surface area contributed by atoms with Crippen LogP contribution in [0.15, 0.2) is 18.2 Å². The molecule has 4 heteroatoms. The molecule has 0 amide bonds. The molecule has 0 saturated heterocycles. The van der Waals surface area contributed by atoms with E-state index in [1.165, 1.54) is 18.2 Å². The first-order valence-corrected chi connectivity index (χ1v) is 8.22. The molecule has 0 aliphatic carbocycles. The van der Waals surface area contributed by atoms with Crippen LogP contribution in [0.5, 0.6) is 0 Å². The van der Waals surface area contributed by atoms with Crippen molar-refractivity contribution in [2.24, 2.45) is 0 Å². The van der Waals surface area contributed by atoms with E-state index in [1.54, 1.807) is 0 Å². The molecule has 0 unspecified atom stereocenters. The zero-order valence-electron chi connectivity index (χ0n) is 8.64. The number of nitrogens with zero attached hydrogens (tertiary/aromatic N) is 1. The van der Waals surface area contributed by atoms with Crippen LogP contribution in [0.4, 0.5) is 14.5 Å². The maximum Gasteiger partial charge on any atom is 0.151 e. The number of benzene rings is 1. The molecule has 0 heterocycles. The van der Waals surface area contributed by atoms with E-state index in [0.717, 1.165) is 0 Å². The highest BCUT2D eigenvalue weighted by Gasteiger charge is 2.16. The van der Waals surface area contributed by atoms with Gasteiger partial charge in [-0.1, -0.05) is 25.7 Å². The van der Waals surface area contributed by atoms with E-state index in [4.69, 9.17) is 0 Å². The fraction of sp³-hybridized carbons (Fsp3) is 0.400. The molecule has 1 aromatic carbocycles. The maximum absolute atomic E-state index is 13.1. The lowest BCUT2D eigenvalue weighted by Gasteiger charge is -2.15. The number of hydrogen-bond acceptors (Lipinski definition) is 0. The normalized spacial score (nSPS) is 11.5. The van der Waals surface area contributed by atoms with Crippen molar-refractivity contribution in [3.8, 4) is 0 Å². The van der Waals surface area contributed by atoms with Gasteiger partial charge in [-0.05, 0) is 12.1 Å². The Balaban J connectivity index is 2.77. The Bertz CT molecular complexity index is 300. The lowest BCUT2D eigenvalue weighted by Crippen LogP contribution is -2.31. The summed E-state index contributed by atoms with van der Waals surface area (Å²) in [5, 5.41) is 3.99. The first kappa shape index (κ1) is 11.2. The van der Waals surface area contributed by atoms with Gasteiger partial charge in [-0.15, -0.1) is 0 Å². The molecule has 77 valence electrons. The molecule has 0 aliphatic rings. The predicted molar refractivity (Wildman–Crippen MR) is 56.4 cm³/mol. The first-order chi connectivity index (χ1) is 6.40. The van der Waals surface area contributed by atoms with Gasteiger partial charge in [-0.25, -0.2) is 8.78 Å². The summed E-state index contributed by atoms with van der Waals surface area (Å²) in [6, 6.07) is 3.80. The van der Waals surface area contributed by atoms with Crippen molar-refractivity contribution in [2.75, 3.05) is 6.17 Å². The average molecular weight is 214 g/mol. The van der Waals surface area contributed by atoms with E-state index in [-0.39, 0.29) is 5.69 Å². The Morgan fingerprint density at radius 2 is 1.64 bits per heavy atom. The van der Waals surface area contributed by atoms with E-state index in [2.05, 4.69) is 25.0 Å². The summed E-state index contributed by atoms with van der Waals surface area (Å²) in [6.07, 6.45) is 0.546. The van der Waals surface area contributed by atoms with Crippen molar-refractivity contribution in [1.82, 2.24) is 5.32 Å². The maximum atomic E-state index is 13.1. The highest BCUT2D eigenvalue weighted by atomic mass is 28.3. The molecule has 0 spiro atoms. The molecule has 0 atom stereocenters. The minimum atomic E-state index is -1.39. The molecule has 1 radical (unpaired) electrons. The second-order valence-corrected chi connectivity index (χ2v) is 9.88. The predicted octanol–water partition coefficient (Wildman–Crippen LogP) is 3.08. The van der Waals surface area contributed by atoms with E-state index < -0.39 is 19.7 Å². The molecule has 0 bridgehead atoms. The smallest absolute Gasteiger partial charge is 0.151 e. The van der Waals surface area contributed by atoms with Gasteiger partial charge in [0.25, 0.3) is 0 Å². The monoisotopic (exact) mass is 214 g/mol. The van der Waals surface area contributed by atoms with E-state index in [0.29, 0.717) is 6.17 Å². The van der Waals surface area contributed by atoms with Crippen LogP contribution in [0, 0.1) is 11.6 Å². The largest absolute Gasteiger partial charge is 0.283 e. The van der Waals surface area contributed by atoms with Crippen LogP contribution in [-0.4, -0.2) is 14.2 Å². The van der Waals surface area contributed by atoms with Gasteiger partial charge in [0.2, 0.25) is 0 Å². The molecular weight excluding hydrogens is 200 g/mol. The molecule has 0 N–H and O–H groups in total. The van der Waals surface area contributed by atoms with Gasteiger partial charge in [0.15, 0.2) is 11.6 Å². The van der Waals surface area contributed by atoms with Crippen LogP contribution in [0.3, 0.4) is 0 Å². The Morgan fingerprint density at radius 1 is 1.14 bits per heavy atom. The van der Waals surface area contributed by atoms with Gasteiger partial charge in [-0.3, -0.25) is 5.32 Å². The molecule has 1 nitrogen and oxygen atoms in total. The summed E-state index contributed by atoms with van der Waals surface area (Å²) >= 11 is 0. The lowest BCUT2D eigenvalue weighted by molar-refractivity contribution is 0.574. The highest BCUT2D eigenvalue weighted by molar-refractivity contribution is 6.76. The fourth-order valence-electron chi connectivity index (χ4n) is 0.956. The lowest BCUT2D eigenvalue weighted by atomic mass is 10.3. The van der Waals surface area contributed by atoms with Crippen molar-refractivity contribution in [3.05, 3.63) is 29.8 Å². The number of para-hydroxylation sites is 1. The summed E-state index contributed by atoms with van der Waals surface area (Å²) < 4.78 is 26.2. The van der Waals surface area contributed by atoms with E-state index >= 15 is 0 Å². The average Bonchev–Trinajstić information content (AvgIpc) is 2.01. The van der Waals surface area contributed by atoms with Crippen LogP contribution in [0.1, 0.15) is 0 Å². The zero-order chi connectivity index (χ0) is 10.8. The van der Waals surface area contributed by atoms with Gasteiger partial charge in [0, 0.05) is 6.17 Å². The second-order valence-electron chi connectivity index (χ2n) is 4.45. The van der Waals surface area contributed by atoms with E-state index in [9.17, 15) is 8.78 Å². The summed E-state index contributed by atoms with van der Waals surface area (Å²) in [4.78, 5) is 0. The Kier molecular flexibility index (Phi) is 3.26. The Labute approximate surface area is 84.2 Å². The van der Waals surface area contributed by atoms with Gasteiger partial charge in [0.05, 0.1) is 8.07 Å². The zero-order valence-corrected chi connectivity index (χ0v) is 9.64. The number of rotatable bonds is 3. The van der Waals surface area contributed by atoms with Crippen LogP contribution >= 0.6 is 0 Å². The third-order valence-electron chi connectivity index (χ3n) is 1.65. The number of hydrogen-bond donors (Lipinski definition) is 0. The van der Waals surface area contributed by atoms with Crippen LogP contribution in [0.2, 0.25) is 19.6 Å². The van der Waals surface area contributed by atoms with Gasteiger partial charge >= 0.3 is 0 Å². The van der Waals surface area contributed by atoms with Gasteiger partial charge in [-0.2, -0.15) is 0 Å². The van der Waals surface area contributed by atoms with Gasteiger partial charge < -0.3 is 0 Å². The summed E-state index contributed by atoms with van der Waals surface area (Å²) in [7, 11) is -1.39. The summed E-state index contributed by atoms with van der Waals surface area (Å²) in [5.74, 6) is -1.16. The minimum Gasteiger partial charge on any atom is -0.283 e. The Hall–Kier alpha value is -0.903. The Morgan fingerprint density at radius 3 is 2.07 bits per heavy atom. The van der Waals surface area contributed by atoms with Crippen LogP contribution in [0.25, 0.3) is 0 Å². The molecule has 0 aromatic heterocycles. The van der Waals surface area contributed by atoms with Crippen molar-refractivity contribution >= 4 is 13.8 Å². The molecule has 0 saturated carbocycles. The molecule has 0 fully saturated rings. The van der Waals surface area contributed by atoms with Crippen molar-refractivity contribution in [3.63, 3.8) is 0 Å². The quantitative estimate of drug-likeness (QED) is 0.687. The first-order valence-electron chi connectivity index (χ1n) is 4.52. The molecule has 14 heavy (non-hydrogen) atoms. The third-order valence-corrected chi connectivity index (χ3v) is 2.76. The van der Waals surface area contributed by atoms with Crippen molar-refractivity contribution in [1.29, 1.82) is 0 Å². The van der Waals surface area contributed by atoms with Crippen molar-refractivity contribution in [2.45, 2.75) is 19.6 Å². The highest BCUT2D eigenvalue weighted by Crippen LogP contribution is 2.18. The van der Waals surface area contributed by atoms with Gasteiger partial charge in [0.1, 0.15) is 5.69 Å². The fourth-order valence-corrected chi connectivity index (χ4v) is 1.59. The number of halogens is 2. The minimum absolute atomic E-state index is 0.130. The van der Waals surface area contributed by atoms with Crippen LogP contribution in [-0.2, 0) is 0 Å². The van der Waals surface area contributed by atoms with E-state index in [1.807, 2.05) is 0 Å². The standard InChI is InChI=1S/C10H14F2NSi/c1-14(2,3)7-13-10-8(11)5-4-6-9(10)12/h4-6H,7H2,1-3H3. The van der Waals surface area contributed by atoms with Crippen molar-refractivity contribution < 1.29 is 8.78 Å². The second kappa shape index (κ2) is 4.08. The third kappa shape index (κ3) is 3.10. The molecule has 1 aromatic rings. The summed E-state index contributed by atoms with van der Waals surface area (Å²) in [5.41, 5.74) is -0.130. The SMILES string of the molecule is C[Si](C)(C)C[N]c1c(F)cccc1F. The summed E-state index contributed by atoms with van der Waals surface area (Å²) in [6.45, 7) is 6.32. The molecule has 1 rings (SSSR count). The molecular formula is C10H14F2NSi. The van der Waals surface area contributed by atoms with Crippen LogP contribution < -0.4 is 5.32 Å².